The molecule has 1 aromatic carbocycles. The summed E-state index contributed by atoms with van der Waals surface area (Å²) in [6, 6.07) is 3.71. The molecule has 3 N–H and O–H groups in total. The number of carboxylic acid groups (broad SMARTS) is 1. The highest BCUT2D eigenvalue weighted by Crippen LogP contribution is 2.22. The van der Waals surface area contributed by atoms with Gasteiger partial charge in [-0.2, -0.15) is 0 Å². The van der Waals surface area contributed by atoms with Gasteiger partial charge in [-0.1, -0.05) is 6.07 Å². The first-order valence-electron chi connectivity index (χ1n) is 7.10. The smallest absolute Gasteiger partial charge is 0.337 e. The van der Waals surface area contributed by atoms with Crippen LogP contribution in [-0.4, -0.2) is 30.1 Å². The molecule has 2 rings (SSSR count). The van der Waals surface area contributed by atoms with Gasteiger partial charge in [-0.15, -0.1) is 0 Å². The van der Waals surface area contributed by atoms with Gasteiger partial charge in [0, 0.05) is 6.42 Å². The molecule has 1 aromatic rings. The Morgan fingerprint density at radius 1 is 1.33 bits per heavy atom. The summed E-state index contributed by atoms with van der Waals surface area (Å²) in [7, 11) is 0. The van der Waals surface area contributed by atoms with E-state index in [-0.39, 0.29) is 23.6 Å². The summed E-state index contributed by atoms with van der Waals surface area (Å²) in [6.45, 7) is 1.92. The van der Waals surface area contributed by atoms with Crippen molar-refractivity contribution in [3.63, 3.8) is 0 Å². The second kappa shape index (κ2) is 7.17. The van der Waals surface area contributed by atoms with E-state index in [1.54, 1.807) is 0 Å². The maximum absolute atomic E-state index is 13.7. The van der Waals surface area contributed by atoms with E-state index in [0.717, 1.165) is 38.4 Å². The molecule has 0 radical (unpaired) electrons. The van der Waals surface area contributed by atoms with Crippen LogP contribution in [0.1, 0.15) is 36.0 Å². The minimum Gasteiger partial charge on any atom is -0.478 e. The van der Waals surface area contributed by atoms with Crippen molar-refractivity contribution in [2.75, 3.05) is 18.4 Å². The number of hydrogen-bond acceptors (Lipinski definition) is 3. The van der Waals surface area contributed by atoms with Crippen LogP contribution < -0.4 is 10.6 Å². The van der Waals surface area contributed by atoms with E-state index in [1.807, 2.05) is 0 Å². The van der Waals surface area contributed by atoms with Crippen molar-refractivity contribution in [1.29, 1.82) is 0 Å². The predicted molar refractivity (Wildman–Crippen MR) is 76.8 cm³/mol. The van der Waals surface area contributed by atoms with Gasteiger partial charge in [0.2, 0.25) is 5.91 Å². The summed E-state index contributed by atoms with van der Waals surface area (Å²) in [5, 5.41) is 14.7. The van der Waals surface area contributed by atoms with Crippen molar-refractivity contribution < 1.29 is 19.1 Å². The van der Waals surface area contributed by atoms with Crippen molar-refractivity contribution in [2.45, 2.75) is 25.7 Å². The van der Waals surface area contributed by atoms with Crippen LogP contribution in [-0.2, 0) is 4.79 Å². The summed E-state index contributed by atoms with van der Waals surface area (Å²) in [4.78, 5) is 22.9. The fourth-order valence-electron chi connectivity index (χ4n) is 2.54. The van der Waals surface area contributed by atoms with Crippen LogP contribution in [0.15, 0.2) is 18.2 Å². The van der Waals surface area contributed by atoms with Crippen molar-refractivity contribution in [3.8, 4) is 0 Å². The molecular formula is C15H19FN2O3. The number of halogens is 1. The number of carboxylic acids is 1. The molecule has 114 valence electrons. The Hall–Kier alpha value is -1.95. The Labute approximate surface area is 122 Å². The zero-order chi connectivity index (χ0) is 15.2. The van der Waals surface area contributed by atoms with Gasteiger partial charge in [0.15, 0.2) is 0 Å². The number of piperidine rings is 1. The lowest BCUT2D eigenvalue weighted by Gasteiger charge is -2.22. The molecule has 0 atom stereocenters. The van der Waals surface area contributed by atoms with Crippen LogP contribution in [0.5, 0.6) is 0 Å². The molecule has 0 saturated carbocycles. The molecule has 1 saturated heterocycles. The van der Waals surface area contributed by atoms with Crippen LogP contribution in [0.2, 0.25) is 0 Å². The first kappa shape index (κ1) is 15.4. The molecule has 0 aliphatic carbocycles. The van der Waals surface area contributed by atoms with E-state index < -0.39 is 11.8 Å². The number of hydrogen-bond donors (Lipinski definition) is 3. The fraction of sp³-hybridized carbons (Fsp3) is 0.467. The largest absolute Gasteiger partial charge is 0.478 e. The molecule has 1 aliphatic rings. The third kappa shape index (κ3) is 4.26. The Bertz CT molecular complexity index is 528. The normalized spacial score (nSPS) is 15.7. The molecule has 0 aromatic heterocycles. The molecule has 1 amide bonds. The molecule has 21 heavy (non-hydrogen) atoms. The van der Waals surface area contributed by atoms with Crippen LogP contribution in [0.4, 0.5) is 10.1 Å². The zero-order valence-electron chi connectivity index (χ0n) is 11.7. The summed E-state index contributed by atoms with van der Waals surface area (Å²) in [5.41, 5.74) is -0.481. The van der Waals surface area contributed by atoms with Crippen molar-refractivity contribution >= 4 is 17.6 Å². The van der Waals surface area contributed by atoms with Gasteiger partial charge in [-0.3, -0.25) is 4.79 Å². The summed E-state index contributed by atoms with van der Waals surface area (Å²) >= 11 is 0. The van der Waals surface area contributed by atoms with Gasteiger partial charge in [0.1, 0.15) is 5.82 Å². The maximum Gasteiger partial charge on any atom is 0.337 e. The van der Waals surface area contributed by atoms with Crippen LogP contribution in [0.3, 0.4) is 0 Å². The third-order valence-corrected chi connectivity index (χ3v) is 3.75. The lowest BCUT2D eigenvalue weighted by molar-refractivity contribution is -0.116. The predicted octanol–water partition coefficient (Wildman–Crippen LogP) is 2.24. The Morgan fingerprint density at radius 2 is 2.05 bits per heavy atom. The zero-order valence-corrected chi connectivity index (χ0v) is 11.7. The van der Waals surface area contributed by atoms with Gasteiger partial charge in [-0.25, -0.2) is 9.18 Å². The first-order valence-corrected chi connectivity index (χ1v) is 7.10. The van der Waals surface area contributed by atoms with Gasteiger partial charge >= 0.3 is 5.97 Å². The molecule has 5 nitrogen and oxygen atoms in total. The third-order valence-electron chi connectivity index (χ3n) is 3.75. The number of benzene rings is 1. The van der Waals surface area contributed by atoms with Crippen LogP contribution in [0.25, 0.3) is 0 Å². The van der Waals surface area contributed by atoms with Crippen molar-refractivity contribution in [3.05, 3.63) is 29.6 Å². The topological polar surface area (TPSA) is 78.4 Å². The highest BCUT2D eigenvalue weighted by Gasteiger charge is 2.18. The van der Waals surface area contributed by atoms with E-state index in [9.17, 15) is 14.0 Å². The quantitative estimate of drug-likeness (QED) is 0.778. The van der Waals surface area contributed by atoms with Gasteiger partial charge < -0.3 is 15.7 Å². The molecule has 1 fully saturated rings. The molecule has 0 bridgehead atoms. The second-order valence-electron chi connectivity index (χ2n) is 5.25. The summed E-state index contributed by atoms with van der Waals surface area (Å²) in [6.07, 6.45) is 3.09. The van der Waals surface area contributed by atoms with E-state index in [2.05, 4.69) is 10.6 Å². The van der Waals surface area contributed by atoms with Crippen LogP contribution in [0, 0.1) is 11.7 Å². The Morgan fingerprint density at radius 3 is 2.71 bits per heavy atom. The molecule has 6 heteroatoms. The highest BCUT2D eigenvalue weighted by molar-refractivity contribution is 6.00. The SMILES string of the molecule is O=C(CCC1CCNCC1)Nc1c(F)cccc1C(=O)O. The number of nitrogens with one attached hydrogen (secondary N) is 2. The minimum absolute atomic E-state index is 0.231. The molecule has 1 aliphatic heterocycles. The highest BCUT2D eigenvalue weighted by atomic mass is 19.1. The number of para-hydroxylation sites is 1. The van der Waals surface area contributed by atoms with Gasteiger partial charge in [0.25, 0.3) is 0 Å². The Kier molecular flexibility index (Phi) is 5.27. The standard InChI is InChI=1S/C15H19FN2O3/c16-12-3-1-2-11(15(20)21)14(12)18-13(19)5-4-10-6-8-17-9-7-10/h1-3,10,17H,4-9H2,(H,18,19)(H,20,21). The van der Waals surface area contributed by atoms with E-state index in [0.29, 0.717) is 5.92 Å². The minimum atomic E-state index is -1.26. The Balaban J connectivity index is 1.94. The molecule has 0 spiro atoms. The van der Waals surface area contributed by atoms with E-state index >= 15 is 0 Å². The number of aromatic carboxylic acids is 1. The van der Waals surface area contributed by atoms with Crippen molar-refractivity contribution in [1.82, 2.24) is 5.32 Å². The number of anilines is 1. The number of carbonyl (C=O) groups is 2. The van der Waals surface area contributed by atoms with Gasteiger partial charge in [0.05, 0.1) is 11.3 Å². The lowest BCUT2D eigenvalue weighted by atomic mass is 9.93. The monoisotopic (exact) mass is 294 g/mol. The molecule has 0 unspecified atom stereocenters. The average molecular weight is 294 g/mol. The second-order valence-corrected chi connectivity index (χ2v) is 5.25. The van der Waals surface area contributed by atoms with Crippen molar-refractivity contribution in [2.24, 2.45) is 5.92 Å². The summed E-state index contributed by atoms with van der Waals surface area (Å²) < 4.78 is 13.7. The fourth-order valence-corrected chi connectivity index (χ4v) is 2.54. The lowest BCUT2D eigenvalue weighted by Crippen LogP contribution is -2.28. The van der Waals surface area contributed by atoms with Gasteiger partial charge in [-0.05, 0) is 50.4 Å². The number of carbonyl (C=O) groups excluding carboxylic acids is 1. The van der Waals surface area contributed by atoms with E-state index in [4.69, 9.17) is 5.11 Å². The summed E-state index contributed by atoms with van der Waals surface area (Å²) in [5.74, 6) is -1.84. The molecule has 1 heterocycles. The average Bonchev–Trinajstić information content (AvgIpc) is 2.48. The van der Waals surface area contributed by atoms with Crippen LogP contribution >= 0.6 is 0 Å². The van der Waals surface area contributed by atoms with E-state index in [1.165, 1.54) is 12.1 Å². The maximum atomic E-state index is 13.7. The number of rotatable bonds is 5. The molecular weight excluding hydrogens is 275 g/mol. The first-order chi connectivity index (χ1) is 10.1. The number of amides is 1.